The Morgan fingerprint density at radius 1 is 1.32 bits per heavy atom. The number of likely N-dealkylation sites (N-methyl/N-ethyl adjacent to an activating group) is 1. The fourth-order valence-corrected chi connectivity index (χ4v) is 2.16. The van der Waals surface area contributed by atoms with Crippen LogP contribution in [0.15, 0.2) is 18.2 Å². The number of carboxylic acids is 1. The first kappa shape index (κ1) is 15.7. The van der Waals surface area contributed by atoms with E-state index in [1.807, 2.05) is 32.0 Å². The van der Waals surface area contributed by atoms with Gasteiger partial charge in [0.15, 0.2) is 0 Å². The third-order valence-electron chi connectivity index (χ3n) is 3.37. The SMILES string of the molecule is Cc1ccc(C(C)(C)C)cc1C(CN(C)C)C(=O)O. The number of hydrogen-bond acceptors (Lipinski definition) is 2. The Morgan fingerprint density at radius 3 is 2.32 bits per heavy atom. The van der Waals surface area contributed by atoms with Gasteiger partial charge in [-0.25, -0.2) is 0 Å². The minimum absolute atomic E-state index is 0.0314. The molecule has 0 spiro atoms. The van der Waals surface area contributed by atoms with Crippen LogP contribution in [0.4, 0.5) is 0 Å². The molecule has 0 saturated carbocycles. The van der Waals surface area contributed by atoms with Crippen LogP contribution in [0.3, 0.4) is 0 Å². The summed E-state index contributed by atoms with van der Waals surface area (Å²) in [4.78, 5) is 13.4. The number of nitrogens with zero attached hydrogens (tertiary/aromatic N) is 1. The number of aliphatic carboxylic acids is 1. The largest absolute Gasteiger partial charge is 0.481 e. The van der Waals surface area contributed by atoms with E-state index in [-0.39, 0.29) is 5.41 Å². The molecule has 0 amide bonds. The molecule has 0 aliphatic carbocycles. The van der Waals surface area contributed by atoms with Crippen LogP contribution in [-0.4, -0.2) is 36.6 Å². The molecule has 19 heavy (non-hydrogen) atoms. The first-order valence-electron chi connectivity index (χ1n) is 6.61. The number of carbonyl (C=O) groups is 1. The second-order valence-electron chi connectivity index (χ2n) is 6.47. The predicted molar refractivity (Wildman–Crippen MR) is 78.8 cm³/mol. The topological polar surface area (TPSA) is 40.5 Å². The van der Waals surface area contributed by atoms with Gasteiger partial charge in [0.2, 0.25) is 0 Å². The summed E-state index contributed by atoms with van der Waals surface area (Å²) < 4.78 is 0. The smallest absolute Gasteiger partial charge is 0.312 e. The van der Waals surface area contributed by atoms with Crippen molar-refractivity contribution in [2.75, 3.05) is 20.6 Å². The van der Waals surface area contributed by atoms with Crippen molar-refractivity contribution in [2.24, 2.45) is 0 Å². The molecule has 0 aliphatic rings. The fraction of sp³-hybridized carbons (Fsp3) is 0.562. The van der Waals surface area contributed by atoms with Gasteiger partial charge in [-0.3, -0.25) is 4.79 Å². The third kappa shape index (κ3) is 4.06. The zero-order valence-corrected chi connectivity index (χ0v) is 12.8. The summed E-state index contributed by atoms with van der Waals surface area (Å²) in [5, 5.41) is 9.47. The van der Waals surface area contributed by atoms with Crippen molar-refractivity contribution in [1.29, 1.82) is 0 Å². The lowest BCUT2D eigenvalue weighted by atomic mass is 9.83. The molecule has 3 nitrogen and oxygen atoms in total. The van der Waals surface area contributed by atoms with Gasteiger partial charge in [0, 0.05) is 6.54 Å². The molecule has 0 bridgehead atoms. The second-order valence-corrected chi connectivity index (χ2v) is 6.47. The number of carboxylic acid groups (broad SMARTS) is 1. The molecule has 106 valence electrons. The normalized spacial score (nSPS) is 13.6. The van der Waals surface area contributed by atoms with Crippen LogP contribution >= 0.6 is 0 Å². The lowest BCUT2D eigenvalue weighted by Crippen LogP contribution is -2.27. The maximum Gasteiger partial charge on any atom is 0.312 e. The van der Waals surface area contributed by atoms with Crippen LogP contribution in [0.2, 0.25) is 0 Å². The first-order valence-corrected chi connectivity index (χ1v) is 6.61. The van der Waals surface area contributed by atoms with Gasteiger partial charge >= 0.3 is 5.97 Å². The fourth-order valence-electron chi connectivity index (χ4n) is 2.16. The van der Waals surface area contributed by atoms with Crippen molar-refractivity contribution in [1.82, 2.24) is 4.90 Å². The van der Waals surface area contributed by atoms with E-state index in [0.29, 0.717) is 6.54 Å². The van der Waals surface area contributed by atoms with E-state index in [4.69, 9.17) is 0 Å². The average molecular weight is 263 g/mol. The summed E-state index contributed by atoms with van der Waals surface area (Å²) in [6, 6.07) is 6.17. The van der Waals surface area contributed by atoms with E-state index in [9.17, 15) is 9.90 Å². The lowest BCUT2D eigenvalue weighted by Gasteiger charge is -2.24. The minimum Gasteiger partial charge on any atom is -0.481 e. The molecule has 1 aromatic rings. The van der Waals surface area contributed by atoms with Gasteiger partial charge in [-0.1, -0.05) is 39.0 Å². The van der Waals surface area contributed by atoms with Crippen molar-refractivity contribution >= 4 is 5.97 Å². The number of rotatable bonds is 4. The number of aryl methyl sites for hydroxylation is 1. The molecule has 0 fully saturated rings. The highest BCUT2D eigenvalue weighted by atomic mass is 16.4. The van der Waals surface area contributed by atoms with Gasteiger partial charge in [0.25, 0.3) is 0 Å². The minimum atomic E-state index is -0.761. The van der Waals surface area contributed by atoms with E-state index >= 15 is 0 Å². The molecule has 1 rings (SSSR count). The summed E-state index contributed by atoms with van der Waals surface area (Å²) in [7, 11) is 3.80. The van der Waals surface area contributed by atoms with Crippen molar-refractivity contribution in [3.8, 4) is 0 Å². The molecular formula is C16H25NO2. The van der Waals surface area contributed by atoms with Crippen LogP contribution in [-0.2, 0) is 10.2 Å². The second kappa shape index (κ2) is 5.74. The molecule has 0 saturated heterocycles. The van der Waals surface area contributed by atoms with Crippen molar-refractivity contribution in [2.45, 2.75) is 39.0 Å². The van der Waals surface area contributed by atoms with Crippen molar-refractivity contribution in [3.63, 3.8) is 0 Å². The maximum absolute atomic E-state index is 11.5. The Balaban J connectivity index is 3.26. The molecule has 1 atom stereocenters. The van der Waals surface area contributed by atoms with Crippen LogP contribution in [0.5, 0.6) is 0 Å². The zero-order chi connectivity index (χ0) is 14.8. The highest BCUT2D eigenvalue weighted by molar-refractivity contribution is 5.77. The van der Waals surface area contributed by atoms with E-state index in [1.165, 1.54) is 5.56 Å². The summed E-state index contributed by atoms with van der Waals surface area (Å²) in [6.45, 7) is 8.92. The Kier molecular flexibility index (Phi) is 4.75. The van der Waals surface area contributed by atoms with Gasteiger partial charge in [-0.05, 0) is 43.1 Å². The quantitative estimate of drug-likeness (QED) is 0.907. The third-order valence-corrected chi connectivity index (χ3v) is 3.37. The average Bonchev–Trinajstić information content (AvgIpc) is 2.24. The van der Waals surface area contributed by atoms with Gasteiger partial charge in [0.1, 0.15) is 0 Å². The Labute approximate surface area is 116 Å². The van der Waals surface area contributed by atoms with E-state index in [0.717, 1.165) is 11.1 Å². The summed E-state index contributed by atoms with van der Waals surface area (Å²) in [5.74, 6) is -1.24. The van der Waals surface area contributed by atoms with Crippen LogP contribution in [0.1, 0.15) is 43.4 Å². The Morgan fingerprint density at radius 2 is 1.89 bits per heavy atom. The maximum atomic E-state index is 11.5. The molecular weight excluding hydrogens is 238 g/mol. The molecule has 3 heteroatoms. The summed E-state index contributed by atoms with van der Waals surface area (Å²) >= 11 is 0. The standard InChI is InChI=1S/C16H25NO2/c1-11-7-8-12(16(2,3)4)9-13(11)14(15(18)19)10-17(5)6/h7-9,14H,10H2,1-6H3,(H,18,19). The van der Waals surface area contributed by atoms with Crippen LogP contribution in [0.25, 0.3) is 0 Å². The van der Waals surface area contributed by atoms with E-state index in [2.05, 4.69) is 32.9 Å². The number of hydrogen-bond donors (Lipinski definition) is 1. The predicted octanol–water partition coefficient (Wildman–Crippen LogP) is 3.02. The zero-order valence-electron chi connectivity index (χ0n) is 12.8. The van der Waals surface area contributed by atoms with Crippen LogP contribution in [0, 0.1) is 6.92 Å². The van der Waals surface area contributed by atoms with Crippen molar-refractivity contribution in [3.05, 3.63) is 34.9 Å². The van der Waals surface area contributed by atoms with Gasteiger partial charge in [0.05, 0.1) is 5.92 Å². The Bertz CT molecular complexity index is 458. The molecule has 1 aromatic carbocycles. The molecule has 0 radical (unpaired) electrons. The summed E-state index contributed by atoms with van der Waals surface area (Å²) in [6.07, 6.45) is 0. The highest BCUT2D eigenvalue weighted by Gasteiger charge is 2.24. The van der Waals surface area contributed by atoms with Gasteiger partial charge < -0.3 is 10.0 Å². The van der Waals surface area contributed by atoms with E-state index < -0.39 is 11.9 Å². The number of benzene rings is 1. The Hall–Kier alpha value is -1.35. The van der Waals surface area contributed by atoms with Crippen molar-refractivity contribution < 1.29 is 9.90 Å². The lowest BCUT2D eigenvalue weighted by molar-refractivity contribution is -0.139. The monoisotopic (exact) mass is 263 g/mol. The molecule has 0 heterocycles. The highest BCUT2D eigenvalue weighted by Crippen LogP contribution is 2.28. The van der Waals surface area contributed by atoms with Gasteiger partial charge in [-0.2, -0.15) is 0 Å². The molecule has 0 aliphatic heterocycles. The molecule has 0 aromatic heterocycles. The summed E-state index contributed by atoms with van der Waals surface area (Å²) in [5.41, 5.74) is 3.18. The first-order chi connectivity index (χ1) is 8.62. The van der Waals surface area contributed by atoms with Gasteiger partial charge in [-0.15, -0.1) is 0 Å². The molecule has 1 unspecified atom stereocenters. The van der Waals surface area contributed by atoms with E-state index in [1.54, 1.807) is 0 Å². The molecule has 1 N–H and O–H groups in total. The van der Waals surface area contributed by atoms with Crippen LogP contribution < -0.4 is 0 Å².